The molecule has 1 aliphatic carbocycles. The molecule has 0 aliphatic heterocycles. The highest BCUT2D eigenvalue weighted by molar-refractivity contribution is 7.80. The van der Waals surface area contributed by atoms with E-state index in [-0.39, 0.29) is 0 Å². The van der Waals surface area contributed by atoms with E-state index in [1.807, 2.05) is 0 Å². The molecular formula is C11H12N4S. The zero-order chi connectivity index (χ0) is 11.5. The Morgan fingerprint density at radius 1 is 1.25 bits per heavy atom. The van der Waals surface area contributed by atoms with Crippen LogP contribution in [0.3, 0.4) is 0 Å². The van der Waals surface area contributed by atoms with E-state index in [2.05, 4.69) is 9.97 Å². The van der Waals surface area contributed by atoms with E-state index < -0.39 is 0 Å². The maximum Gasteiger partial charge on any atom is 0.132 e. The monoisotopic (exact) mass is 232 g/mol. The first-order valence-electron chi connectivity index (χ1n) is 4.90. The van der Waals surface area contributed by atoms with Gasteiger partial charge in [0.25, 0.3) is 0 Å². The Labute approximate surface area is 99.1 Å². The maximum absolute atomic E-state index is 5.89. The van der Waals surface area contributed by atoms with Crippen LogP contribution in [0.5, 0.6) is 0 Å². The van der Waals surface area contributed by atoms with E-state index in [0.717, 1.165) is 16.3 Å². The average Bonchev–Trinajstić information content (AvgIpc) is 2.27. The lowest BCUT2D eigenvalue weighted by atomic mass is 9.97. The smallest absolute Gasteiger partial charge is 0.132 e. The van der Waals surface area contributed by atoms with E-state index in [1.54, 1.807) is 24.5 Å². The molecule has 1 heterocycles. The number of thiocarbonyl (C=S) groups is 1. The van der Waals surface area contributed by atoms with Gasteiger partial charge in [0, 0.05) is 41.5 Å². The van der Waals surface area contributed by atoms with Crippen LogP contribution in [0.15, 0.2) is 41.5 Å². The van der Waals surface area contributed by atoms with Crippen molar-refractivity contribution in [2.75, 3.05) is 0 Å². The topological polar surface area (TPSA) is 77.8 Å². The van der Waals surface area contributed by atoms with Crippen LogP contribution in [-0.2, 0) is 6.42 Å². The summed E-state index contributed by atoms with van der Waals surface area (Å²) in [4.78, 5) is 9.05. The SMILES string of the molecule is NC1=CC(N)=C(Cc2ncccn2)CC1=S. The number of rotatable bonds is 2. The van der Waals surface area contributed by atoms with Gasteiger partial charge in [-0.3, -0.25) is 0 Å². The summed E-state index contributed by atoms with van der Waals surface area (Å²) in [5.74, 6) is 0.747. The quantitative estimate of drug-likeness (QED) is 0.739. The fourth-order valence-corrected chi connectivity index (χ4v) is 1.76. The predicted molar refractivity (Wildman–Crippen MR) is 66.4 cm³/mol. The third-order valence-electron chi connectivity index (χ3n) is 2.41. The molecule has 0 radical (unpaired) electrons. The lowest BCUT2D eigenvalue weighted by Gasteiger charge is -2.16. The second-order valence-corrected chi connectivity index (χ2v) is 4.09. The van der Waals surface area contributed by atoms with Crippen LogP contribution < -0.4 is 11.5 Å². The van der Waals surface area contributed by atoms with Crippen LogP contribution in [0.1, 0.15) is 12.2 Å². The molecule has 0 saturated heterocycles. The Hall–Kier alpha value is -1.75. The normalized spacial score (nSPS) is 16.2. The second kappa shape index (κ2) is 4.40. The Balaban J connectivity index is 2.23. The number of nitrogens with two attached hydrogens (primary N) is 2. The molecule has 1 aromatic heterocycles. The molecule has 82 valence electrons. The van der Waals surface area contributed by atoms with Crippen LogP contribution in [-0.4, -0.2) is 14.8 Å². The molecule has 4 N–H and O–H groups in total. The van der Waals surface area contributed by atoms with Gasteiger partial charge in [-0.05, 0) is 17.7 Å². The van der Waals surface area contributed by atoms with Gasteiger partial charge in [-0.15, -0.1) is 0 Å². The molecule has 0 bridgehead atoms. The molecule has 1 aromatic rings. The van der Waals surface area contributed by atoms with Crippen molar-refractivity contribution in [2.45, 2.75) is 12.8 Å². The van der Waals surface area contributed by atoms with Crippen molar-refractivity contribution in [3.63, 3.8) is 0 Å². The van der Waals surface area contributed by atoms with Crippen molar-refractivity contribution in [1.82, 2.24) is 9.97 Å². The third-order valence-corrected chi connectivity index (χ3v) is 2.79. The van der Waals surface area contributed by atoms with Crippen LogP contribution in [0.2, 0.25) is 0 Å². The van der Waals surface area contributed by atoms with Gasteiger partial charge in [0.05, 0.1) is 0 Å². The van der Waals surface area contributed by atoms with Crippen molar-refractivity contribution < 1.29 is 0 Å². The minimum atomic E-state index is 0.588. The van der Waals surface area contributed by atoms with Crippen molar-refractivity contribution in [1.29, 1.82) is 0 Å². The van der Waals surface area contributed by atoms with Gasteiger partial charge < -0.3 is 11.5 Å². The Morgan fingerprint density at radius 3 is 2.62 bits per heavy atom. The van der Waals surface area contributed by atoms with E-state index in [0.29, 0.717) is 24.2 Å². The summed E-state index contributed by atoms with van der Waals surface area (Å²) < 4.78 is 0. The average molecular weight is 232 g/mol. The molecule has 2 rings (SSSR count). The van der Waals surface area contributed by atoms with Crippen molar-refractivity contribution >= 4 is 17.1 Å². The van der Waals surface area contributed by atoms with Gasteiger partial charge in [-0.1, -0.05) is 12.2 Å². The van der Waals surface area contributed by atoms with Crippen molar-refractivity contribution in [3.05, 3.63) is 47.3 Å². The Kier molecular flexibility index (Phi) is 2.96. The first kappa shape index (κ1) is 10.8. The lowest BCUT2D eigenvalue weighted by Crippen LogP contribution is -2.19. The third kappa shape index (κ3) is 2.25. The Bertz CT molecular complexity index is 476. The summed E-state index contributed by atoms with van der Waals surface area (Å²) in [6.07, 6.45) is 6.39. The fourth-order valence-electron chi connectivity index (χ4n) is 1.52. The van der Waals surface area contributed by atoms with E-state index in [9.17, 15) is 0 Å². The standard InChI is InChI=1S/C11H12N4S/c12-8-6-9(13)10(16)4-7(8)5-11-14-2-1-3-15-11/h1-3,6H,4-5,12-13H2. The lowest BCUT2D eigenvalue weighted by molar-refractivity contribution is 0.921. The summed E-state index contributed by atoms with van der Waals surface area (Å²) in [6.45, 7) is 0. The zero-order valence-electron chi connectivity index (χ0n) is 8.68. The number of nitrogens with zero attached hydrogens (tertiary/aromatic N) is 2. The van der Waals surface area contributed by atoms with Crippen LogP contribution in [0, 0.1) is 0 Å². The second-order valence-electron chi connectivity index (χ2n) is 3.60. The van der Waals surface area contributed by atoms with Crippen molar-refractivity contribution in [2.24, 2.45) is 11.5 Å². The molecule has 0 unspecified atom stereocenters. The van der Waals surface area contributed by atoms with Gasteiger partial charge in [-0.25, -0.2) is 9.97 Å². The summed E-state index contributed by atoms with van der Waals surface area (Å²) in [5, 5.41) is 0. The van der Waals surface area contributed by atoms with E-state index >= 15 is 0 Å². The molecule has 0 spiro atoms. The van der Waals surface area contributed by atoms with Crippen LogP contribution in [0.25, 0.3) is 0 Å². The largest absolute Gasteiger partial charge is 0.399 e. The molecule has 1 aliphatic rings. The van der Waals surface area contributed by atoms with E-state index in [1.165, 1.54) is 0 Å². The molecule has 16 heavy (non-hydrogen) atoms. The molecule has 0 fully saturated rings. The summed E-state index contributed by atoms with van der Waals surface area (Å²) >= 11 is 5.15. The highest BCUT2D eigenvalue weighted by Gasteiger charge is 2.15. The number of aromatic nitrogens is 2. The maximum atomic E-state index is 5.89. The molecule has 0 aromatic carbocycles. The summed E-state index contributed by atoms with van der Waals surface area (Å²) in [7, 11) is 0. The first-order chi connectivity index (χ1) is 7.66. The molecule has 0 saturated carbocycles. The van der Waals surface area contributed by atoms with Crippen molar-refractivity contribution in [3.8, 4) is 0 Å². The molecule has 4 nitrogen and oxygen atoms in total. The molecule has 0 amide bonds. The highest BCUT2D eigenvalue weighted by Crippen LogP contribution is 2.19. The molecular weight excluding hydrogens is 220 g/mol. The van der Waals surface area contributed by atoms with Gasteiger partial charge in [0.1, 0.15) is 5.82 Å². The fraction of sp³-hybridized carbons (Fsp3) is 0.182. The number of allylic oxidation sites excluding steroid dienone is 3. The highest BCUT2D eigenvalue weighted by atomic mass is 32.1. The minimum Gasteiger partial charge on any atom is -0.399 e. The summed E-state index contributed by atoms with van der Waals surface area (Å²) in [6, 6.07) is 1.78. The van der Waals surface area contributed by atoms with E-state index in [4.69, 9.17) is 23.7 Å². The van der Waals surface area contributed by atoms with Gasteiger partial charge in [0.15, 0.2) is 0 Å². The van der Waals surface area contributed by atoms with Gasteiger partial charge in [-0.2, -0.15) is 0 Å². The molecule has 5 heteroatoms. The Morgan fingerprint density at radius 2 is 1.94 bits per heavy atom. The van der Waals surface area contributed by atoms with Gasteiger partial charge >= 0.3 is 0 Å². The molecule has 0 atom stereocenters. The number of hydrogen-bond acceptors (Lipinski definition) is 5. The van der Waals surface area contributed by atoms with Crippen LogP contribution in [0.4, 0.5) is 0 Å². The zero-order valence-corrected chi connectivity index (χ0v) is 9.50. The number of hydrogen-bond donors (Lipinski definition) is 2. The predicted octanol–water partition coefficient (Wildman–Crippen LogP) is 0.848. The van der Waals surface area contributed by atoms with Gasteiger partial charge in [0.2, 0.25) is 0 Å². The first-order valence-corrected chi connectivity index (χ1v) is 5.31. The van der Waals surface area contributed by atoms with Crippen LogP contribution >= 0.6 is 12.2 Å². The summed E-state index contributed by atoms with van der Waals surface area (Å²) in [5.41, 5.74) is 13.9. The minimum absolute atomic E-state index is 0.588.